The first-order valence-electron chi connectivity index (χ1n) is 14.2. The van der Waals surface area contributed by atoms with Gasteiger partial charge in [0, 0.05) is 38.1 Å². The van der Waals surface area contributed by atoms with Gasteiger partial charge in [0.15, 0.2) is 0 Å². The van der Waals surface area contributed by atoms with Crippen molar-refractivity contribution in [3.05, 3.63) is 64.6 Å². The van der Waals surface area contributed by atoms with E-state index in [0.717, 1.165) is 62.5 Å². The summed E-state index contributed by atoms with van der Waals surface area (Å²) in [7, 11) is 0. The molecular weight excluding hydrogens is 514 g/mol. The number of anilines is 1. The van der Waals surface area contributed by atoms with Gasteiger partial charge in [-0.25, -0.2) is 4.98 Å². The molecule has 208 valence electrons. The lowest BCUT2D eigenvalue weighted by molar-refractivity contribution is -0.149. The lowest BCUT2D eigenvalue weighted by Crippen LogP contribution is -2.38. The van der Waals surface area contributed by atoms with Crippen LogP contribution in [0.1, 0.15) is 60.8 Å². The number of fused-ring (bicyclic) bond motifs is 1. The van der Waals surface area contributed by atoms with Crippen LogP contribution in [0.4, 0.5) is 5.69 Å². The molecule has 1 amide bonds. The summed E-state index contributed by atoms with van der Waals surface area (Å²) in [6.07, 6.45) is 7.82. The Hall–Kier alpha value is -3.10. The summed E-state index contributed by atoms with van der Waals surface area (Å²) < 4.78 is 7.37. The molecule has 0 saturated carbocycles. The van der Waals surface area contributed by atoms with Gasteiger partial charge in [0.25, 0.3) is 5.91 Å². The number of pyridine rings is 1. The number of benzene rings is 1. The van der Waals surface area contributed by atoms with Crippen LogP contribution in [0.2, 0.25) is 5.02 Å². The van der Waals surface area contributed by atoms with E-state index in [1.807, 2.05) is 25.1 Å². The molecule has 9 heteroatoms. The van der Waals surface area contributed by atoms with Crippen molar-refractivity contribution in [2.45, 2.75) is 52.0 Å². The smallest absolute Gasteiger partial charge is 0.309 e. The molecule has 1 N–H and O–H groups in total. The Morgan fingerprint density at radius 3 is 2.49 bits per heavy atom. The van der Waals surface area contributed by atoms with Crippen molar-refractivity contribution in [3.63, 3.8) is 0 Å². The fourth-order valence-electron chi connectivity index (χ4n) is 5.59. The van der Waals surface area contributed by atoms with Gasteiger partial charge in [0.05, 0.1) is 16.6 Å². The Labute approximate surface area is 235 Å². The maximum absolute atomic E-state index is 13.1. The van der Waals surface area contributed by atoms with E-state index < -0.39 is 0 Å². The van der Waals surface area contributed by atoms with Gasteiger partial charge in [-0.15, -0.1) is 0 Å². The number of hydrogen-bond acceptors (Lipinski definition) is 6. The molecule has 0 spiro atoms. The van der Waals surface area contributed by atoms with E-state index >= 15 is 0 Å². The van der Waals surface area contributed by atoms with Crippen molar-refractivity contribution in [3.8, 4) is 0 Å². The number of ether oxygens (including phenoxy) is 1. The van der Waals surface area contributed by atoms with E-state index in [9.17, 15) is 9.59 Å². The summed E-state index contributed by atoms with van der Waals surface area (Å²) in [5.74, 6) is -0.229. The van der Waals surface area contributed by atoms with Crippen LogP contribution < -0.4 is 10.2 Å². The number of imidazole rings is 1. The lowest BCUT2D eigenvalue weighted by atomic mass is 9.96. The topological polar surface area (TPSA) is 79.2 Å². The van der Waals surface area contributed by atoms with Crippen molar-refractivity contribution >= 4 is 34.8 Å². The number of aryl methyl sites for hydroxylation is 1. The second-order valence-electron chi connectivity index (χ2n) is 10.5. The Balaban J connectivity index is 1.09. The number of carbonyl (C=O) groups excluding carboxylic acids is 2. The average molecular weight is 552 g/mol. The van der Waals surface area contributed by atoms with Gasteiger partial charge in [0.2, 0.25) is 0 Å². The maximum atomic E-state index is 13.1. The summed E-state index contributed by atoms with van der Waals surface area (Å²) in [5, 5.41) is 3.59. The number of halogens is 1. The summed E-state index contributed by atoms with van der Waals surface area (Å²) in [5.41, 5.74) is 4.13. The van der Waals surface area contributed by atoms with Crippen molar-refractivity contribution in [1.29, 1.82) is 0 Å². The first kappa shape index (κ1) is 27.5. The fraction of sp³-hybridized carbons (Fsp3) is 0.500. The van der Waals surface area contributed by atoms with Gasteiger partial charge in [-0.1, -0.05) is 37.1 Å². The summed E-state index contributed by atoms with van der Waals surface area (Å²) in [4.78, 5) is 34.9. The third-order valence-corrected chi connectivity index (χ3v) is 8.11. The van der Waals surface area contributed by atoms with Crippen molar-refractivity contribution in [1.82, 2.24) is 19.6 Å². The molecule has 0 unspecified atom stereocenters. The molecule has 2 aliphatic heterocycles. The number of aromatic nitrogens is 2. The van der Waals surface area contributed by atoms with Gasteiger partial charge in [-0.2, -0.15) is 0 Å². The van der Waals surface area contributed by atoms with E-state index in [1.54, 1.807) is 16.7 Å². The highest BCUT2D eigenvalue weighted by Gasteiger charge is 2.26. The highest BCUT2D eigenvalue weighted by atomic mass is 35.5. The molecule has 2 fully saturated rings. The molecule has 8 nitrogen and oxygen atoms in total. The first-order chi connectivity index (χ1) is 19.0. The minimum atomic E-state index is -0.171. The number of nitrogens with one attached hydrogen (secondary N) is 1. The standard InChI is InChI=1S/C30H38ClN5O3/c1-2-26-28(36-21-24(31)8-11-27(36)33-26)29(37)32-20-22-6-9-25(10-7-22)35-16-12-23(13-17-35)30(38)39-19-18-34-14-4-3-5-15-34/h6-11,21,23H,2-5,12-20H2,1H3,(H,32,37). The molecule has 1 aromatic carbocycles. The van der Waals surface area contributed by atoms with Crippen LogP contribution in [0.3, 0.4) is 0 Å². The number of nitrogens with zero attached hydrogens (tertiary/aromatic N) is 4. The molecule has 0 radical (unpaired) electrons. The predicted molar refractivity (Wildman–Crippen MR) is 153 cm³/mol. The minimum absolute atomic E-state index is 0.0142. The van der Waals surface area contributed by atoms with Crippen LogP contribution in [-0.2, 0) is 22.5 Å². The Kier molecular flexibility index (Phi) is 9.04. The molecule has 2 aliphatic rings. The summed E-state index contributed by atoms with van der Waals surface area (Å²) in [6, 6.07) is 11.9. The quantitative estimate of drug-likeness (QED) is 0.387. The maximum Gasteiger partial charge on any atom is 0.309 e. The highest BCUT2D eigenvalue weighted by molar-refractivity contribution is 6.30. The van der Waals surface area contributed by atoms with E-state index in [2.05, 4.69) is 32.2 Å². The fourth-order valence-corrected chi connectivity index (χ4v) is 5.76. The second kappa shape index (κ2) is 12.8. The van der Waals surface area contributed by atoms with Gasteiger partial charge in [-0.3, -0.25) is 18.9 Å². The van der Waals surface area contributed by atoms with Crippen LogP contribution in [0.15, 0.2) is 42.6 Å². The molecule has 0 bridgehead atoms. The number of carbonyl (C=O) groups is 2. The Bertz CT molecular complexity index is 1280. The van der Waals surface area contributed by atoms with Crippen LogP contribution >= 0.6 is 11.6 Å². The monoisotopic (exact) mass is 551 g/mol. The molecule has 0 aliphatic carbocycles. The molecule has 2 saturated heterocycles. The van der Waals surface area contributed by atoms with Gasteiger partial charge in [0.1, 0.15) is 17.9 Å². The van der Waals surface area contributed by atoms with Gasteiger partial charge >= 0.3 is 5.97 Å². The van der Waals surface area contributed by atoms with E-state index in [4.69, 9.17) is 16.3 Å². The minimum Gasteiger partial charge on any atom is -0.464 e. The molecular formula is C30H38ClN5O3. The number of esters is 1. The van der Waals surface area contributed by atoms with Crippen molar-refractivity contribution < 1.29 is 14.3 Å². The number of rotatable bonds is 9. The Morgan fingerprint density at radius 2 is 1.77 bits per heavy atom. The first-order valence-corrected chi connectivity index (χ1v) is 14.6. The molecule has 2 aromatic heterocycles. The Morgan fingerprint density at radius 1 is 1.03 bits per heavy atom. The molecule has 39 heavy (non-hydrogen) atoms. The van der Waals surface area contributed by atoms with Gasteiger partial charge in [-0.05, 0) is 75.0 Å². The molecule has 5 rings (SSSR count). The van der Waals surface area contributed by atoms with Crippen LogP contribution in [0, 0.1) is 5.92 Å². The normalized spacial score (nSPS) is 16.9. The van der Waals surface area contributed by atoms with Crippen molar-refractivity contribution in [2.75, 3.05) is 44.2 Å². The average Bonchev–Trinajstić information content (AvgIpc) is 3.34. The van der Waals surface area contributed by atoms with E-state index in [0.29, 0.717) is 35.9 Å². The number of likely N-dealkylation sites (tertiary alicyclic amines) is 1. The summed E-state index contributed by atoms with van der Waals surface area (Å²) in [6.45, 7) is 7.67. The zero-order valence-corrected chi connectivity index (χ0v) is 23.5. The number of amides is 1. The molecule has 0 atom stereocenters. The second-order valence-corrected chi connectivity index (χ2v) is 11.0. The third kappa shape index (κ3) is 6.73. The summed E-state index contributed by atoms with van der Waals surface area (Å²) >= 11 is 6.16. The van der Waals surface area contributed by atoms with Crippen LogP contribution in [0.5, 0.6) is 0 Å². The molecule has 4 heterocycles. The SMILES string of the molecule is CCc1nc2ccc(Cl)cn2c1C(=O)NCc1ccc(N2CCC(C(=O)OCCN3CCCCC3)CC2)cc1. The zero-order valence-electron chi connectivity index (χ0n) is 22.7. The largest absolute Gasteiger partial charge is 0.464 e. The molecule has 3 aromatic rings. The lowest BCUT2D eigenvalue weighted by Gasteiger charge is -2.33. The third-order valence-electron chi connectivity index (χ3n) is 7.89. The predicted octanol–water partition coefficient (Wildman–Crippen LogP) is 4.73. The number of hydrogen-bond donors (Lipinski definition) is 1. The van der Waals surface area contributed by atoms with Crippen molar-refractivity contribution in [2.24, 2.45) is 5.92 Å². The van der Waals surface area contributed by atoms with Crippen LogP contribution in [-0.4, -0.2) is 65.5 Å². The number of piperidine rings is 2. The highest BCUT2D eigenvalue weighted by Crippen LogP contribution is 2.25. The van der Waals surface area contributed by atoms with E-state index in [1.165, 1.54) is 19.3 Å². The van der Waals surface area contributed by atoms with Gasteiger partial charge < -0.3 is 15.0 Å². The zero-order chi connectivity index (χ0) is 27.2. The van der Waals surface area contributed by atoms with E-state index in [-0.39, 0.29) is 17.8 Å². The van der Waals surface area contributed by atoms with Crippen LogP contribution in [0.25, 0.3) is 5.65 Å².